The zero-order valence-corrected chi connectivity index (χ0v) is 20.3. The summed E-state index contributed by atoms with van der Waals surface area (Å²) in [6.07, 6.45) is 0.340. The Labute approximate surface area is 206 Å². The van der Waals surface area contributed by atoms with Gasteiger partial charge >= 0.3 is 12.2 Å². The van der Waals surface area contributed by atoms with Gasteiger partial charge in [-0.1, -0.05) is 31.3 Å². The molecule has 0 saturated heterocycles. The summed E-state index contributed by atoms with van der Waals surface area (Å²) in [7, 11) is -3.70. The molecule has 1 heterocycles. The van der Waals surface area contributed by atoms with Crippen molar-refractivity contribution in [2.75, 3.05) is 11.9 Å². The van der Waals surface area contributed by atoms with E-state index >= 15 is 0 Å². The summed E-state index contributed by atoms with van der Waals surface area (Å²) in [5.41, 5.74) is -0.390. The van der Waals surface area contributed by atoms with E-state index < -0.39 is 27.7 Å². The van der Waals surface area contributed by atoms with E-state index in [4.69, 9.17) is 4.42 Å². The average Bonchev–Trinajstić information content (AvgIpc) is 3.33. The number of nitrogens with one attached hydrogen (secondary N) is 1. The quantitative estimate of drug-likeness (QED) is 0.448. The molecule has 0 unspecified atom stereocenters. The number of amides is 1. The maximum absolute atomic E-state index is 13.2. The molecule has 3 aromatic rings. The predicted octanol–water partition coefficient (Wildman–Crippen LogP) is 5.35. The van der Waals surface area contributed by atoms with Crippen LogP contribution in [0.3, 0.4) is 0 Å². The molecule has 0 bridgehead atoms. The number of carbonyl (C=O) groups excluding carboxylic acids is 1. The molecular formula is C24H25F3N4O4S. The van der Waals surface area contributed by atoms with E-state index in [1.165, 1.54) is 40.7 Å². The monoisotopic (exact) mass is 522 g/mol. The molecule has 1 aliphatic rings. The zero-order chi connectivity index (χ0) is 25.9. The highest BCUT2D eigenvalue weighted by molar-refractivity contribution is 7.89. The van der Waals surface area contributed by atoms with Crippen LogP contribution in [0, 0.1) is 0 Å². The molecule has 1 aromatic heterocycles. The number of alkyl halides is 3. The number of anilines is 1. The Morgan fingerprint density at radius 3 is 2.25 bits per heavy atom. The third-order valence-electron chi connectivity index (χ3n) is 6.12. The molecule has 0 spiro atoms. The van der Waals surface area contributed by atoms with E-state index in [0.717, 1.165) is 44.2 Å². The second kappa shape index (κ2) is 10.4. The fourth-order valence-electron chi connectivity index (χ4n) is 4.27. The predicted molar refractivity (Wildman–Crippen MR) is 126 cm³/mol. The molecule has 1 amide bonds. The van der Waals surface area contributed by atoms with E-state index in [2.05, 4.69) is 15.5 Å². The normalized spacial score (nSPS) is 15.2. The van der Waals surface area contributed by atoms with E-state index in [-0.39, 0.29) is 34.0 Å². The largest absolute Gasteiger partial charge is 0.416 e. The highest BCUT2D eigenvalue weighted by Crippen LogP contribution is 2.31. The number of benzene rings is 2. The van der Waals surface area contributed by atoms with E-state index in [0.29, 0.717) is 6.54 Å². The number of nitrogens with zero attached hydrogens (tertiary/aromatic N) is 3. The summed E-state index contributed by atoms with van der Waals surface area (Å²) in [5.74, 6) is -0.677. The Bertz CT molecular complexity index is 1300. The van der Waals surface area contributed by atoms with Crippen molar-refractivity contribution in [3.63, 3.8) is 0 Å². The molecule has 192 valence electrons. The van der Waals surface area contributed by atoms with Crippen LogP contribution in [0.2, 0.25) is 0 Å². The van der Waals surface area contributed by atoms with Crippen molar-refractivity contribution in [3.8, 4) is 11.5 Å². The van der Waals surface area contributed by atoms with Crippen LogP contribution in [0.15, 0.2) is 57.8 Å². The second-order valence-electron chi connectivity index (χ2n) is 8.47. The van der Waals surface area contributed by atoms with Gasteiger partial charge in [-0.25, -0.2) is 8.42 Å². The van der Waals surface area contributed by atoms with Crippen molar-refractivity contribution in [1.82, 2.24) is 14.5 Å². The fraction of sp³-hybridized carbons (Fsp3) is 0.375. The van der Waals surface area contributed by atoms with Crippen LogP contribution in [-0.2, 0) is 16.2 Å². The maximum Gasteiger partial charge on any atom is 0.416 e. The Morgan fingerprint density at radius 2 is 1.67 bits per heavy atom. The summed E-state index contributed by atoms with van der Waals surface area (Å²) in [4.78, 5) is 12.7. The molecule has 8 nitrogen and oxygen atoms in total. The van der Waals surface area contributed by atoms with Gasteiger partial charge in [0.2, 0.25) is 15.9 Å². The third kappa shape index (κ3) is 5.59. The number of hydrogen-bond acceptors (Lipinski definition) is 6. The average molecular weight is 523 g/mol. The van der Waals surface area contributed by atoms with Gasteiger partial charge in [-0.2, -0.15) is 17.5 Å². The van der Waals surface area contributed by atoms with Crippen LogP contribution < -0.4 is 5.32 Å². The Balaban J connectivity index is 1.44. The Hall–Kier alpha value is -3.25. The van der Waals surface area contributed by atoms with Gasteiger partial charge in [-0.3, -0.25) is 10.1 Å². The molecule has 1 aliphatic carbocycles. The van der Waals surface area contributed by atoms with Crippen LogP contribution in [0.25, 0.3) is 11.5 Å². The van der Waals surface area contributed by atoms with Crippen LogP contribution >= 0.6 is 0 Å². The first-order chi connectivity index (χ1) is 17.1. The van der Waals surface area contributed by atoms with Gasteiger partial charge in [-0.15, -0.1) is 5.10 Å². The number of hydrogen-bond donors (Lipinski definition) is 1. The number of carbonyl (C=O) groups is 1. The molecule has 12 heteroatoms. The van der Waals surface area contributed by atoms with Gasteiger partial charge in [0.05, 0.1) is 10.5 Å². The van der Waals surface area contributed by atoms with Gasteiger partial charge in [-0.05, 0) is 61.4 Å². The minimum Gasteiger partial charge on any atom is -0.403 e. The van der Waals surface area contributed by atoms with Crippen molar-refractivity contribution in [2.24, 2.45) is 0 Å². The van der Waals surface area contributed by atoms with Gasteiger partial charge in [0.25, 0.3) is 5.91 Å². The number of sulfonamides is 1. The highest BCUT2D eigenvalue weighted by Gasteiger charge is 2.32. The minimum absolute atomic E-state index is 0.0203. The van der Waals surface area contributed by atoms with Crippen molar-refractivity contribution in [2.45, 2.75) is 56.1 Å². The standard InChI is InChI=1S/C24H25F3N4O4S/c1-2-31(19-6-4-3-5-7-19)36(33,34)20-14-10-16(11-15-20)21(32)28-23-30-29-22(35-23)17-8-12-18(13-9-17)24(25,26)27/h8-15,19H,2-7H2,1H3,(H,28,30,32). The lowest BCUT2D eigenvalue weighted by molar-refractivity contribution is -0.137. The summed E-state index contributed by atoms with van der Waals surface area (Å²) < 4.78 is 71.4. The molecule has 1 saturated carbocycles. The lowest BCUT2D eigenvalue weighted by Gasteiger charge is -2.32. The topological polar surface area (TPSA) is 105 Å². The van der Waals surface area contributed by atoms with Crippen LogP contribution in [0.4, 0.5) is 19.2 Å². The first-order valence-corrected chi connectivity index (χ1v) is 13.0. The molecule has 0 radical (unpaired) electrons. The first-order valence-electron chi connectivity index (χ1n) is 11.5. The van der Waals surface area contributed by atoms with Crippen molar-refractivity contribution in [1.29, 1.82) is 0 Å². The van der Waals surface area contributed by atoms with Gasteiger partial charge in [0.15, 0.2) is 0 Å². The molecule has 4 rings (SSSR count). The second-order valence-corrected chi connectivity index (χ2v) is 10.4. The van der Waals surface area contributed by atoms with Crippen molar-refractivity contribution in [3.05, 3.63) is 59.7 Å². The lowest BCUT2D eigenvalue weighted by atomic mass is 9.95. The van der Waals surface area contributed by atoms with Crippen LogP contribution in [-0.4, -0.2) is 41.4 Å². The van der Waals surface area contributed by atoms with E-state index in [1.54, 1.807) is 0 Å². The van der Waals surface area contributed by atoms with Crippen molar-refractivity contribution < 1.29 is 30.8 Å². The van der Waals surface area contributed by atoms with Crippen molar-refractivity contribution >= 4 is 21.9 Å². The summed E-state index contributed by atoms with van der Waals surface area (Å²) in [6, 6.07) is 9.45. The fourth-order valence-corrected chi connectivity index (χ4v) is 5.96. The molecule has 1 N–H and O–H groups in total. The van der Waals surface area contributed by atoms with E-state index in [1.807, 2.05) is 6.92 Å². The number of halogens is 3. The maximum atomic E-state index is 13.2. The molecule has 1 fully saturated rings. The van der Waals surface area contributed by atoms with E-state index in [9.17, 15) is 26.4 Å². The summed E-state index contributed by atoms with van der Waals surface area (Å²) in [6.45, 7) is 2.19. The molecule has 2 aromatic carbocycles. The minimum atomic E-state index is -4.47. The Morgan fingerprint density at radius 1 is 1.03 bits per heavy atom. The first kappa shape index (κ1) is 25.8. The smallest absolute Gasteiger partial charge is 0.403 e. The summed E-state index contributed by atoms with van der Waals surface area (Å²) >= 11 is 0. The number of aromatic nitrogens is 2. The SMILES string of the molecule is CCN(C1CCCCC1)S(=O)(=O)c1ccc(C(=O)Nc2nnc(-c3ccc(C(F)(F)F)cc3)o2)cc1. The third-order valence-corrected chi connectivity index (χ3v) is 8.16. The Kier molecular flexibility index (Phi) is 7.46. The molecule has 0 atom stereocenters. The highest BCUT2D eigenvalue weighted by atomic mass is 32.2. The zero-order valence-electron chi connectivity index (χ0n) is 19.5. The molecular weight excluding hydrogens is 497 g/mol. The van der Waals surface area contributed by atoms with Crippen LogP contribution in [0.5, 0.6) is 0 Å². The van der Waals surface area contributed by atoms with Gasteiger partial charge in [0, 0.05) is 23.7 Å². The summed E-state index contributed by atoms with van der Waals surface area (Å²) in [5, 5.41) is 9.85. The number of rotatable bonds is 7. The van der Waals surface area contributed by atoms with Gasteiger partial charge in [0.1, 0.15) is 0 Å². The van der Waals surface area contributed by atoms with Gasteiger partial charge < -0.3 is 4.42 Å². The van der Waals surface area contributed by atoms with Crippen LogP contribution in [0.1, 0.15) is 54.9 Å². The molecule has 36 heavy (non-hydrogen) atoms. The lowest BCUT2D eigenvalue weighted by Crippen LogP contribution is -2.41. The molecule has 0 aliphatic heterocycles.